The second-order valence-corrected chi connectivity index (χ2v) is 5.27. The number of para-hydroxylation sites is 1. The van der Waals surface area contributed by atoms with Crippen molar-refractivity contribution in [3.8, 4) is 11.3 Å². The first kappa shape index (κ1) is 14.0. The summed E-state index contributed by atoms with van der Waals surface area (Å²) in [5, 5.41) is 6.77. The van der Waals surface area contributed by atoms with Crippen molar-refractivity contribution in [1.82, 2.24) is 4.98 Å². The molecule has 1 atom stereocenters. The molecule has 2 N–H and O–H groups in total. The molecule has 0 unspecified atom stereocenters. The molecular weight excluding hydrogens is 296 g/mol. The molecule has 3 aromatic rings. The van der Waals surface area contributed by atoms with E-state index < -0.39 is 11.5 Å². The van der Waals surface area contributed by atoms with E-state index in [2.05, 4.69) is 4.98 Å². The summed E-state index contributed by atoms with van der Waals surface area (Å²) >= 11 is 5.04. The number of aliphatic hydroxyl groups excluding tert-OH is 1. The number of hydrogen-bond donors (Lipinski definition) is 2. The molecule has 0 aliphatic heterocycles. The molecule has 5 heteroatoms. The lowest BCUT2D eigenvalue weighted by Crippen LogP contribution is -2.19. The van der Waals surface area contributed by atoms with Crippen molar-refractivity contribution in [2.45, 2.75) is 11.5 Å². The van der Waals surface area contributed by atoms with Gasteiger partial charge in [0, 0.05) is 16.5 Å². The maximum atomic E-state index is 13.4. The van der Waals surface area contributed by atoms with Crippen molar-refractivity contribution in [2.75, 3.05) is 0 Å². The van der Waals surface area contributed by atoms with Gasteiger partial charge < -0.3 is 10.1 Å². The van der Waals surface area contributed by atoms with Crippen LogP contribution in [0, 0.1) is 0 Å². The molecule has 0 bridgehead atoms. The summed E-state index contributed by atoms with van der Waals surface area (Å²) in [5.41, 5.74) is 1.94. The smallest absolute Gasteiger partial charge is 0.351 e. The highest BCUT2D eigenvalue weighted by Crippen LogP contribution is 2.42. The largest absolute Gasteiger partial charge is 0.381 e. The Morgan fingerprint density at radius 2 is 1.62 bits per heavy atom. The number of aromatic nitrogens is 1. The maximum absolute atomic E-state index is 13.4. The van der Waals surface area contributed by atoms with E-state index in [-0.39, 0.29) is 5.56 Å². The number of nitrogens with one attached hydrogen (secondary N) is 1. The molecule has 0 saturated carbocycles. The van der Waals surface area contributed by atoms with Crippen molar-refractivity contribution in [3.63, 3.8) is 0 Å². The summed E-state index contributed by atoms with van der Waals surface area (Å²) in [5.74, 6) is 0. The number of rotatable bonds is 3. The van der Waals surface area contributed by atoms with Crippen LogP contribution in [0.3, 0.4) is 0 Å². The van der Waals surface area contributed by atoms with E-state index in [1.807, 2.05) is 6.07 Å². The molecule has 2 nitrogen and oxygen atoms in total. The van der Waals surface area contributed by atoms with Gasteiger partial charge in [0.1, 0.15) is 0 Å². The molecule has 0 fully saturated rings. The predicted octanol–water partition coefficient (Wildman–Crippen LogP) is 4.70. The van der Waals surface area contributed by atoms with Gasteiger partial charge in [-0.3, -0.25) is 0 Å². The summed E-state index contributed by atoms with van der Waals surface area (Å²) in [4.78, 5) is 3.08. The van der Waals surface area contributed by atoms with E-state index in [0.29, 0.717) is 22.2 Å². The van der Waals surface area contributed by atoms with Crippen LogP contribution in [0.5, 0.6) is 0 Å². The Labute approximate surface area is 125 Å². The van der Waals surface area contributed by atoms with Crippen LogP contribution in [-0.2, 0) is 0 Å². The Balaban J connectivity index is 2.29. The molecule has 3 rings (SSSR count). The predicted molar refractivity (Wildman–Crippen MR) is 79.5 cm³/mol. The van der Waals surface area contributed by atoms with Gasteiger partial charge in [0.2, 0.25) is 0 Å². The number of aliphatic hydroxyl groups is 1. The number of hydrogen-bond acceptors (Lipinski definition) is 1. The average Bonchev–Trinajstić information content (AvgIpc) is 2.85. The fourth-order valence-electron chi connectivity index (χ4n) is 2.44. The molecule has 1 heterocycles. The number of halogens is 3. The van der Waals surface area contributed by atoms with Crippen molar-refractivity contribution < 1.29 is 13.9 Å². The molecule has 2 aromatic carbocycles. The lowest BCUT2D eigenvalue weighted by molar-refractivity contribution is -0.0414. The summed E-state index contributed by atoms with van der Waals surface area (Å²) in [6, 6.07) is 16.0. The minimum atomic E-state index is -3.74. The fourth-order valence-corrected chi connectivity index (χ4v) is 2.55. The van der Waals surface area contributed by atoms with Gasteiger partial charge in [-0.05, 0) is 23.2 Å². The van der Waals surface area contributed by atoms with Crippen LogP contribution in [0.4, 0.5) is 8.78 Å². The van der Waals surface area contributed by atoms with Gasteiger partial charge in [-0.25, -0.2) is 0 Å². The summed E-state index contributed by atoms with van der Waals surface area (Å²) in [6.45, 7) is 0. The minimum absolute atomic E-state index is 0.108. The molecular formula is C16H12ClF2NO. The molecule has 21 heavy (non-hydrogen) atoms. The third-order valence-corrected chi connectivity index (χ3v) is 3.60. The molecule has 108 valence electrons. The average molecular weight is 308 g/mol. The standard InChI is InChI=1S/C16H12ClF2NO/c17-16(18,19)15(21)13-11-8-4-5-9-12(11)20-14(13)10-6-2-1-3-7-10/h1-9,15,20-21H/t15-/m1/s1. The van der Waals surface area contributed by atoms with E-state index in [4.69, 9.17) is 11.6 Å². The number of alkyl halides is 3. The number of fused-ring (bicyclic) bond motifs is 1. The summed E-state index contributed by atoms with van der Waals surface area (Å²) in [6.07, 6.45) is -2.09. The van der Waals surface area contributed by atoms with Crippen LogP contribution in [0.1, 0.15) is 11.7 Å². The molecule has 0 radical (unpaired) electrons. The zero-order valence-corrected chi connectivity index (χ0v) is 11.6. The third kappa shape index (κ3) is 2.52. The van der Waals surface area contributed by atoms with E-state index in [1.54, 1.807) is 48.5 Å². The third-order valence-electron chi connectivity index (χ3n) is 3.39. The highest BCUT2D eigenvalue weighted by atomic mass is 35.5. The Hall–Kier alpha value is -1.91. The van der Waals surface area contributed by atoms with E-state index in [0.717, 1.165) is 0 Å². The molecule has 0 spiro atoms. The van der Waals surface area contributed by atoms with Gasteiger partial charge >= 0.3 is 5.38 Å². The lowest BCUT2D eigenvalue weighted by Gasteiger charge is -2.17. The van der Waals surface area contributed by atoms with Crippen molar-refractivity contribution in [3.05, 3.63) is 60.2 Å². The number of H-pyrrole nitrogens is 1. The minimum Gasteiger partial charge on any atom is -0.381 e. The Bertz CT molecular complexity index is 765. The molecule has 0 saturated heterocycles. The number of benzene rings is 2. The van der Waals surface area contributed by atoms with Crippen molar-refractivity contribution in [1.29, 1.82) is 0 Å². The van der Waals surface area contributed by atoms with Crippen LogP contribution in [0.2, 0.25) is 0 Å². The summed E-state index contributed by atoms with van der Waals surface area (Å²) < 4.78 is 26.8. The Morgan fingerprint density at radius 3 is 2.29 bits per heavy atom. The van der Waals surface area contributed by atoms with Crippen LogP contribution in [0.15, 0.2) is 54.6 Å². The zero-order chi connectivity index (χ0) is 15.0. The lowest BCUT2D eigenvalue weighted by atomic mass is 10.0. The van der Waals surface area contributed by atoms with Gasteiger partial charge in [-0.1, -0.05) is 48.5 Å². The second kappa shape index (κ2) is 5.13. The van der Waals surface area contributed by atoms with Gasteiger partial charge in [0.15, 0.2) is 6.10 Å². The van der Waals surface area contributed by atoms with Gasteiger partial charge in [0.25, 0.3) is 0 Å². The highest BCUT2D eigenvalue weighted by Gasteiger charge is 2.40. The van der Waals surface area contributed by atoms with E-state index >= 15 is 0 Å². The molecule has 0 amide bonds. The Kier molecular flexibility index (Phi) is 3.43. The van der Waals surface area contributed by atoms with E-state index in [1.165, 1.54) is 0 Å². The second-order valence-electron chi connectivity index (χ2n) is 4.77. The van der Waals surface area contributed by atoms with Crippen molar-refractivity contribution >= 4 is 22.5 Å². The van der Waals surface area contributed by atoms with Gasteiger partial charge in [-0.15, -0.1) is 0 Å². The first-order valence-corrected chi connectivity index (χ1v) is 6.77. The first-order valence-electron chi connectivity index (χ1n) is 6.39. The zero-order valence-electron chi connectivity index (χ0n) is 10.9. The maximum Gasteiger partial charge on any atom is 0.351 e. The van der Waals surface area contributed by atoms with Gasteiger partial charge in [0.05, 0.1) is 5.69 Å². The van der Waals surface area contributed by atoms with Crippen LogP contribution < -0.4 is 0 Å². The molecule has 1 aromatic heterocycles. The first-order chi connectivity index (χ1) is 9.98. The normalized spacial score (nSPS) is 13.5. The Morgan fingerprint density at radius 1 is 1.00 bits per heavy atom. The topological polar surface area (TPSA) is 36.0 Å². The highest BCUT2D eigenvalue weighted by molar-refractivity contribution is 6.22. The summed E-state index contributed by atoms with van der Waals surface area (Å²) in [7, 11) is 0. The fraction of sp³-hybridized carbons (Fsp3) is 0.125. The van der Waals surface area contributed by atoms with Crippen LogP contribution in [0.25, 0.3) is 22.2 Å². The molecule has 0 aliphatic rings. The monoisotopic (exact) mass is 307 g/mol. The van der Waals surface area contributed by atoms with Gasteiger partial charge in [-0.2, -0.15) is 8.78 Å². The van der Waals surface area contributed by atoms with Crippen LogP contribution in [-0.4, -0.2) is 15.5 Å². The van der Waals surface area contributed by atoms with Crippen LogP contribution >= 0.6 is 11.6 Å². The van der Waals surface area contributed by atoms with Crippen molar-refractivity contribution in [2.24, 2.45) is 0 Å². The SMILES string of the molecule is O[C@H](c1c(-c2ccccc2)[nH]c2ccccc12)C(F)(F)Cl. The quantitative estimate of drug-likeness (QED) is 0.676. The molecule has 0 aliphatic carbocycles. The van der Waals surface area contributed by atoms with E-state index in [9.17, 15) is 13.9 Å². The number of aromatic amines is 1.